The van der Waals surface area contributed by atoms with E-state index < -0.39 is 6.10 Å². The normalized spacial score (nSPS) is 18.3. The van der Waals surface area contributed by atoms with Crippen molar-refractivity contribution in [3.8, 4) is 0 Å². The molecule has 1 aliphatic rings. The van der Waals surface area contributed by atoms with E-state index in [1.807, 2.05) is 0 Å². The lowest BCUT2D eigenvalue weighted by atomic mass is 10.0. The summed E-state index contributed by atoms with van der Waals surface area (Å²) in [5.74, 6) is 0.494. The van der Waals surface area contributed by atoms with Crippen LogP contribution in [0, 0.1) is 0 Å². The predicted octanol–water partition coefficient (Wildman–Crippen LogP) is 0.535. The van der Waals surface area contributed by atoms with Gasteiger partial charge in [-0.05, 0) is 19.6 Å². The van der Waals surface area contributed by atoms with E-state index in [1.54, 1.807) is 28.9 Å². The van der Waals surface area contributed by atoms with Crippen LogP contribution in [0.25, 0.3) is 0 Å². The summed E-state index contributed by atoms with van der Waals surface area (Å²) < 4.78 is 1.73. The lowest BCUT2D eigenvalue weighted by Gasteiger charge is -2.30. The van der Waals surface area contributed by atoms with E-state index in [-0.39, 0.29) is 18.4 Å². The summed E-state index contributed by atoms with van der Waals surface area (Å²) in [6.07, 6.45) is 4.32. The topological polar surface area (TPSA) is 70.7 Å². The number of imidazole rings is 1. The molecule has 0 unspecified atom stereocenters. The summed E-state index contributed by atoms with van der Waals surface area (Å²) in [5, 5.41) is 10.0. The van der Waals surface area contributed by atoms with E-state index in [4.69, 9.17) is 0 Å². The zero-order valence-electron chi connectivity index (χ0n) is 11.2. The minimum absolute atomic E-state index is 0.0296. The summed E-state index contributed by atoms with van der Waals surface area (Å²) in [5.41, 5.74) is 0. The minimum Gasteiger partial charge on any atom is -0.385 e. The molecular formula is C13H20N4O2. The number of carbonyl (C=O) groups is 1. The molecule has 1 saturated heterocycles. The quantitative estimate of drug-likeness (QED) is 0.807. The lowest BCUT2D eigenvalue weighted by Crippen LogP contribution is -2.40. The summed E-state index contributed by atoms with van der Waals surface area (Å²) in [6, 6.07) is 0.267. The van der Waals surface area contributed by atoms with Crippen LogP contribution in [-0.4, -0.2) is 51.3 Å². The van der Waals surface area contributed by atoms with Crippen molar-refractivity contribution in [1.29, 1.82) is 0 Å². The van der Waals surface area contributed by atoms with Gasteiger partial charge in [0.15, 0.2) is 0 Å². The van der Waals surface area contributed by atoms with Crippen molar-refractivity contribution in [2.45, 2.75) is 31.4 Å². The van der Waals surface area contributed by atoms with Crippen LogP contribution in [0.3, 0.4) is 0 Å². The molecular weight excluding hydrogens is 244 g/mol. The van der Waals surface area contributed by atoms with Gasteiger partial charge in [0.1, 0.15) is 11.9 Å². The molecule has 0 aromatic carbocycles. The van der Waals surface area contributed by atoms with Gasteiger partial charge in [0.05, 0.1) is 12.5 Å². The van der Waals surface area contributed by atoms with Crippen LogP contribution in [-0.2, 0) is 11.8 Å². The Morgan fingerprint density at radius 1 is 1.63 bits per heavy atom. The molecule has 1 amide bonds. The van der Waals surface area contributed by atoms with Crippen molar-refractivity contribution < 1.29 is 9.90 Å². The van der Waals surface area contributed by atoms with E-state index >= 15 is 0 Å². The van der Waals surface area contributed by atoms with Crippen LogP contribution in [0.2, 0.25) is 0 Å². The van der Waals surface area contributed by atoms with E-state index in [0.29, 0.717) is 18.9 Å². The van der Waals surface area contributed by atoms with Gasteiger partial charge in [-0.1, -0.05) is 0 Å². The van der Waals surface area contributed by atoms with Crippen molar-refractivity contribution in [2.24, 2.45) is 12.0 Å². The van der Waals surface area contributed by atoms with Crippen molar-refractivity contribution in [2.75, 3.05) is 13.1 Å². The number of nitrogens with zero attached hydrogens (tertiary/aromatic N) is 4. The second-order valence-corrected chi connectivity index (χ2v) is 4.91. The van der Waals surface area contributed by atoms with Gasteiger partial charge in [-0.15, -0.1) is 0 Å². The molecule has 6 heteroatoms. The second-order valence-electron chi connectivity index (χ2n) is 4.91. The molecule has 1 atom stereocenters. The fraction of sp³-hybridized carbons (Fsp3) is 0.615. The van der Waals surface area contributed by atoms with E-state index in [0.717, 1.165) is 12.8 Å². The summed E-state index contributed by atoms with van der Waals surface area (Å²) in [7, 11) is 1.80. The van der Waals surface area contributed by atoms with Gasteiger partial charge in [0, 0.05) is 32.5 Å². The van der Waals surface area contributed by atoms with Crippen molar-refractivity contribution in [3.05, 3.63) is 18.2 Å². The van der Waals surface area contributed by atoms with E-state index in [1.165, 1.54) is 0 Å². The first-order valence-corrected chi connectivity index (χ1v) is 6.50. The first-order chi connectivity index (χ1) is 9.11. The Balaban J connectivity index is 1.88. The Bertz CT molecular complexity index is 449. The smallest absolute Gasteiger partial charge is 0.225 e. The van der Waals surface area contributed by atoms with Crippen LogP contribution in [0.1, 0.15) is 31.2 Å². The molecule has 1 fully saturated rings. The monoisotopic (exact) mass is 264 g/mol. The molecule has 1 aromatic rings. The van der Waals surface area contributed by atoms with Gasteiger partial charge in [-0.25, -0.2) is 4.98 Å². The summed E-state index contributed by atoms with van der Waals surface area (Å²) in [6.45, 7) is 4.92. The second kappa shape index (κ2) is 5.97. The molecule has 1 aliphatic heterocycles. The summed E-state index contributed by atoms with van der Waals surface area (Å²) in [4.78, 5) is 21.9. The molecule has 0 radical (unpaired) electrons. The first-order valence-electron chi connectivity index (χ1n) is 6.50. The molecule has 1 N–H and O–H groups in total. The Labute approximate surface area is 112 Å². The maximum absolute atomic E-state index is 12.1. The molecule has 0 spiro atoms. The number of aliphatic hydroxyl groups is 1. The van der Waals surface area contributed by atoms with Gasteiger partial charge in [0.25, 0.3) is 0 Å². The van der Waals surface area contributed by atoms with Crippen LogP contribution in [0.15, 0.2) is 17.4 Å². The third-order valence-corrected chi connectivity index (χ3v) is 3.60. The number of hydrogen-bond donors (Lipinski definition) is 1. The number of aromatic nitrogens is 2. The molecule has 1 aromatic heterocycles. The van der Waals surface area contributed by atoms with Gasteiger partial charge < -0.3 is 14.6 Å². The molecule has 0 saturated carbocycles. The number of rotatable bonds is 4. The molecule has 2 heterocycles. The minimum atomic E-state index is -0.845. The third-order valence-electron chi connectivity index (χ3n) is 3.60. The van der Waals surface area contributed by atoms with Crippen molar-refractivity contribution in [3.63, 3.8) is 0 Å². The third kappa shape index (κ3) is 3.20. The highest BCUT2D eigenvalue weighted by Gasteiger charge is 2.25. The number of amides is 1. The average molecular weight is 264 g/mol. The number of carbonyl (C=O) groups excluding carboxylic acids is 1. The summed E-state index contributed by atoms with van der Waals surface area (Å²) >= 11 is 0. The van der Waals surface area contributed by atoms with Crippen LogP contribution >= 0.6 is 0 Å². The number of aliphatic hydroxyl groups excluding tert-OH is 1. The maximum Gasteiger partial charge on any atom is 0.225 e. The average Bonchev–Trinajstić information content (AvgIpc) is 2.85. The Kier molecular flexibility index (Phi) is 4.31. The standard InChI is InChI=1S/C13H20N4O2/c1-14-10-3-6-17(7-4-10)12(19)9-11(18)13-15-5-8-16(13)2/h5,8,10-11,18H,1,3-4,6-7,9H2,2H3/t11-/m0/s1. The number of aliphatic imine (C=N–C) groups is 1. The molecule has 0 aliphatic carbocycles. The van der Waals surface area contributed by atoms with Gasteiger partial charge in [-0.2, -0.15) is 0 Å². The number of piperidine rings is 1. The Morgan fingerprint density at radius 2 is 2.32 bits per heavy atom. The zero-order valence-corrected chi connectivity index (χ0v) is 11.2. The highest BCUT2D eigenvalue weighted by Crippen LogP contribution is 2.18. The highest BCUT2D eigenvalue weighted by molar-refractivity contribution is 5.76. The number of hydrogen-bond acceptors (Lipinski definition) is 4. The fourth-order valence-electron chi connectivity index (χ4n) is 2.38. The van der Waals surface area contributed by atoms with Gasteiger partial charge in [0.2, 0.25) is 5.91 Å². The van der Waals surface area contributed by atoms with Crippen LogP contribution in [0.5, 0.6) is 0 Å². The Morgan fingerprint density at radius 3 is 2.84 bits per heavy atom. The molecule has 6 nitrogen and oxygen atoms in total. The Hall–Kier alpha value is -1.69. The predicted molar refractivity (Wildman–Crippen MR) is 71.9 cm³/mol. The van der Waals surface area contributed by atoms with Crippen LogP contribution in [0.4, 0.5) is 0 Å². The van der Waals surface area contributed by atoms with Crippen molar-refractivity contribution >= 4 is 12.6 Å². The van der Waals surface area contributed by atoms with Gasteiger partial charge in [-0.3, -0.25) is 9.79 Å². The van der Waals surface area contributed by atoms with Crippen molar-refractivity contribution in [1.82, 2.24) is 14.5 Å². The SMILES string of the molecule is C=NC1CCN(C(=O)C[C@H](O)c2nccn2C)CC1. The fourth-order valence-corrected chi connectivity index (χ4v) is 2.38. The molecule has 0 bridgehead atoms. The van der Waals surface area contributed by atoms with E-state index in [9.17, 15) is 9.90 Å². The van der Waals surface area contributed by atoms with Gasteiger partial charge >= 0.3 is 0 Å². The number of aryl methyl sites for hydroxylation is 1. The van der Waals surface area contributed by atoms with Crippen LogP contribution < -0.4 is 0 Å². The molecule has 2 rings (SSSR count). The largest absolute Gasteiger partial charge is 0.385 e. The first kappa shape index (κ1) is 13.7. The molecule has 19 heavy (non-hydrogen) atoms. The highest BCUT2D eigenvalue weighted by atomic mass is 16.3. The zero-order chi connectivity index (χ0) is 13.8. The lowest BCUT2D eigenvalue weighted by molar-refractivity contribution is -0.134. The van der Waals surface area contributed by atoms with E-state index in [2.05, 4.69) is 16.7 Å². The molecule has 104 valence electrons. The number of likely N-dealkylation sites (tertiary alicyclic amines) is 1. The maximum atomic E-state index is 12.1.